The molecule has 1 N–H and O–H groups in total. The van der Waals surface area contributed by atoms with Gasteiger partial charge in [0.15, 0.2) is 0 Å². The van der Waals surface area contributed by atoms with Crippen LogP contribution >= 0.6 is 11.3 Å². The molecule has 0 radical (unpaired) electrons. The van der Waals surface area contributed by atoms with Gasteiger partial charge in [-0.05, 0) is 57.1 Å². The molecule has 2 aromatic heterocycles. The minimum absolute atomic E-state index is 0.0485. The highest BCUT2D eigenvalue weighted by Crippen LogP contribution is 2.33. The predicted octanol–water partition coefficient (Wildman–Crippen LogP) is 3.95. The minimum Gasteiger partial charge on any atom is -0.467 e. The van der Waals surface area contributed by atoms with Crippen LogP contribution in [0, 0.1) is 0 Å². The summed E-state index contributed by atoms with van der Waals surface area (Å²) in [5.74, 6) is 1.34. The monoisotopic (exact) mass is 369 g/mol. The number of carbonyl (C=O) groups excluding carboxylic acids is 1. The summed E-state index contributed by atoms with van der Waals surface area (Å²) in [4.78, 5) is 19.3. The molecule has 0 aliphatic carbocycles. The van der Waals surface area contributed by atoms with Gasteiger partial charge in [-0.25, -0.2) is 4.98 Å². The van der Waals surface area contributed by atoms with Crippen molar-refractivity contribution in [1.29, 1.82) is 0 Å². The van der Waals surface area contributed by atoms with E-state index < -0.39 is 0 Å². The van der Waals surface area contributed by atoms with Gasteiger partial charge in [0.05, 0.1) is 34.1 Å². The van der Waals surface area contributed by atoms with Gasteiger partial charge in [0.1, 0.15) is 5.76 Å². The first kappa shape index (κ1) is 17.2. The summed E-state index contributed by atoms with van der Waals surface area (Å²) in [6.45, 7) is 4.25. The first-order chi connectivity index (χ1) is 12.7. The van der Waals surface area contributed by atoms with Crippen molar-refractivity contribution in [3.63, 3.8) is 0 Å². The average molecular weight is 369 g/mol. The van der Waals surface area contributed by atoms with Crippen LogP contribution in [0.1, 0.15) is 42.5 Å². The molecule has 0 saturated carbocycles. The van der Waals surface area contributed by atoms with E-state index in [4.69, 9.17) is 9.40 Å². The van der Waals surface area contributed by atoms with Crippen molar-refractivity contribution in [2.24, 2.45) is 0 Å². The molecular formula is C20H23N3O2S. The lowest BCUT2D eigenvalue weighted by atomic mass is 9.97. The number of nitrogens with one attached hydrogen (secondary N) is 1. The Morgan fingerprint density at radius 2 is 2.12 bits per heavy atom. The molecular weight excluding hydrogens is 346 g/mol. The van der Waals surface area contributed by atoms with Crippen molar-refractivity contribution < 1.29 is 9.21 Å². The number of amides is 1. The Morgan fingerprint density at radius 3 is 2.85 bits per heavy atom. The summed E-state index contributed by atoms with van der Waals surface area (Å²) >= 11 is 1.81. The zero-order valence-corrected chi connectivity index (χ0v) is 15.7. The minimum atomic E-state index is -0.0993. The van der Waals surface area contributed by atoms with Crippen LogP contribution in [-0.4, -0.2) is 35.4 Å². The SMILES string of the molecule is C[C@@H](NC(=O)CN1CCC(c2nc3ccccc3s2)CC1)c1ccco1. The fraction of sp³-hybridized carbons (Fsp3) is 0.400. The largest absolute Gasteiger partial charge is 0.467 e. The smallest absolute Gasteiger partial charge is 0.234 e. The van der Waals surface area contributed by atoms with Crippen molar-refractivity contribution in [3.05, 3.63) is 53.4 Å². The van der Waals surface area contributed by atoms with E-state index in [1.54, 1.807) is 17.6 Å². The lowest BCUT2D eigenvalue weighted by Gasteiger charge is -2.30. The number of rotatable bonds is 5. The third kappa shape index (κ3) is 3.81. The molecule has 1 aliphatic heterocycles. The molecule has 1 saturated heterocycles. The Morgan fingerprint density at radius 1 is 1.31 bits per heavy atom. The fourth-order valence-electron chi connectivity index (χ4n) is 3.50. The molecule has 1 atom stereocenters. The van der Waals surface area contributed by atoms with Gasteiger partial charge in [-0.1, -0.05) is 12.1 Å². The quantitative estimate of drug-likeness (QED) is 0.740. The number of fused-ring (bicyclic) bond motifs is 1. The second kappa shape index (κ2) is 7.60. The topological polar surface area (TPSA) is 58.4 Å². The van der Waals surface area contributed by atoms with E-state index >= 15 is 0 Å². The number of para-hydroxylation sites is 1. The van der Waals surface area contributed by atoms with E-state index in [-0.39, 0.29) is 11.9 Å². The zero-order valence-electron chi connectivity index (χ0n) is 14.9. The van der Waals surface area contributed by atoms with Gasteiger partial charge in [-0.2, -0.15) is 0 Å². The Bertz CT molecular complexity index is 833. The zero-order chi connectivity index (χ0) is 17.9. The predicted molar refractivity (Wildman–Crippen MR) is 103 cm³/mol. The summed E-state index contributed by atoms with van der Waals surface area (Å²) in [5, 5.41) is 4.24. The third-order valence-corrected chi connectivity index (χ3v) is 6.16. The number of likely N-dealkylation sites (tertiary alicyclic amines) is 1. The molecule has 1 aliphatic rings. The number of hydrogen-bond acceptors (Lipinski definition) is 5. The first-order valence-corrected chi connectivity index (χ1v) is 9.91. The van der Waals surface area contributed by atoms with E-state index in [9.17, 15) is 4.79 Å². The van der Waals surface area contributed by atoms with Gasteiger partial charge < -0.3 is 9.73 Å². The lowest BCUT2D eigenvalue weighted by molar-refractivity contribution is -0.123. The molecule has 26 heavy (non-hydrogen) atoms. The van der Waals surface area contributed by atoms with Crippen LogP contribution in [0.3, 0.4) is 0 Å². The summed E-state index contributed by atoms with van der Waals surface area (Å²) in [6.07, 6.45) is 3.74. The molecule has 1 amide bonds. The van der Waals surface area contributed by atoms with Crippen molar-refractivity contribution in [1.82, 2.24) is 15.2 Å². The van der Waals surface area contributed by atoms with Crippen LogP contribution in [0.5, 0.6) is 0 Å². The maximum atomic E-state index is 12.3. The number of piperidine rings is 1. The maximum Gasteiger partial charge on any atom is 0.234 e. The van der Waals surface area contributed by atoms with E-state index in [1.807, 2.05) is 25.1 Å². The summed E-state index contributed by atoms with van der Waals surface area (Å²) in [5.41, 5.74) is 1.10. The fourth-order valence-corrected chi connectivity index (χ4v) is 4.64. The van der Waals surface area contributed by atoms with Gasteiger partial charge in [-0.3, -0.25) is 9.69 Å². The molecule has 0 spiro atoms. The van der Waals surface area contributed by atoms with Crippen molar-refractivity contribution in [3.8, 4) is 0 Å². The highest BCUT2D eigenvalue weighted by molar-refractivity contribution is 7.18. The Kier molecular flexibility index (Phi) is 5.04. The molecule has 136 valence electrons. The molecule has 5 nitrogen and oxygen atoms in total. The Labute approximate surface area is 157 Å². The van der Waals surface area contributed by atoms with Crippen molar-refractivity contribution >= 4 is 27.5 Å². The number of nitrogens with zero attached hydrogens (tertiary/aromatic N) is 2. The van der Waals surface area contributed by atoms with Crippen LogP contribution in [0.25, 0.3) is 10.2 Å². The number of benzene rings is 1. The number of furan rings is 1. The standard InChI is InChI=1S/C20H23N3O2S/c1-14(17-6-4-12-25-17)21-19(24)13-23-10-8-15(9-11-23)20-22-16-5-2-3-7-18(16)26-20/h2-7,12,14-15H,8-11,13H2,1H3,(H,21,24)/t14-/m1/s1. The first-order valence-electron chi connectivity index (χ1n) is 9.09. The van der Waals surface area contributed by atoms with Gasteiger partial charge in [-0.15, -0.1) is 11.3 Å². The van der Waals surface area contributed by atoms with Gasteiger partial charge in [0.25, 0.3) is 0 Å². The maximum absolute atomic E-state index is 12.3. The Hall–Kier alpha value is -2.18. The van der Waals surface area contributed by atoms with Gasteiger partial charge in [0.2, 0.25) is 5.91 Å². The second-order valence-corrected chi connectivity index (χ2v) is 7.94. The van der Waals surface area contributed by atoms with Crippen LogP contribution in [0.4, 0.5) is 0 Å². The molecule has 1 fully saturated rings. The summed E-state index contributed by atoms with van der Waals surface area (Å²) in [7, 11) is 0. The van der Waals surface area contributed by atoms with Crippen LogP contribution in [-0.2, 0) is 4.79 Å². The van der Waals surface area contributed by atoms with Gasteiger partial charge in [0, 0.05) is 5.92 Å². The highest BCUT2D eigenvalue weighted by Gasteiger charge is 2.25. The molecule has 1 aromatic carbocycles. The lowest BCUT2D eigenvalue weighted by Crippen LogP contribution is -2.41. The number of aromatic nitrogens is 1. The average Bonchev–Trinajstić information content (AvgIpc) is 3.32. The number of hydrogen-bond donors (Lipinski definition) is 1. The van der Waals surface area contributed by atoms with Crippen molar-refractivity contribution in [2.75, 3.05) is 19.6 Å². The molecule has 3 heterocycles. The third-order valence-electron chi connectivity index (χ3n) is 4.96. The molecule has 3 aromatic rings. The van der Waals surface area contributed by atoms with E-state index in [0.717, 1.165) is 37.2 Å². The molecule has 0 unspecified atom stereocenters. The molecule has 0 bridgehead atoms. The van der Waals surface area contributed by atoms with Crippen LogP contribution < -0.4 is 5.32 Å². The van der Waals surface area contributed by atoms with E-state index in [0.29, 0.717) is 12.5 Å². The van der Waals surface area contributed by atoms with Gasteiger partial charge >= 0.3 is 0 Å². The second-order valence-electron chi connectivity index (χ2n) is 6.87. The number of thiazole rings is 1. The normalized spacial score (nSPS) is 17.4. The molecule has 6 heteroatoms. The van der Waals surface area contributed by atoms with E-state index in [2.05, 4.69) is 28.4 Å². The van der Waals surface area contributed by atoms with Crippen LogP contribution in [0.15, 0.2) is 47.1 Å². The van der Waals surface area contributed by atoms with E-state index in [1.165, 1.54) is 9.71 Å². The summed E-state index contributed by atoms with van der Waals surface area (Å²) < 4.78 is 6.60. The number of carbonyl (C=O) groups is 1. The summed E-state index contributed by atoms with van der Waals surface area (Å²) in [6, 6.07) is 11.9. The molecule has 4 rings (SSSR count). The highest BCUT2D eigenvalue weighted by atomic mass is 32.1. The van der Waals surface area contributed by atoms with Crippen molar-refractivity contribution in [2.45, 2.75) is 31.7 Å². The Balaban J connectivity index is 1.28. The van der Waals surface area contributed by atoms with Crippen LogP contribution in [0.2, 0.25) is 0 Å².